The van der Waals surface area contributed by atoms with Crippen LogP contribution in [0.1, 0.15) is 32.2 Å². The number of aromatic nitrogens is 2. The fraction of sp³-hybridized carbons (Fsp3) is 0.200. The third-order valence-electron chi connectivity index (χ3n) is 3.52. The largest absolute Gasteiger partial charge is 0.363 e. The van der Waals surface area contributed by atoms with Gasteiger partial charge in [0.15, 0.2) is 0 Å². The molecule has 2 aromatic rings. The Bertz CT molecular complexity index is 810. The molecular weight excluding hydrogens is 306 g/mol. The molecule has 0 spiro atoms. The zero-order valence-electron chi connectivity index (χ0n) is 11.8. The highest BCUT2D eigenvalue weighted by molar-refractivity contribution is 5.94. The summed E-state index contributed by atoms with van der Waals surface area (Å²) >= 11 is 0. The van der Waals surface area contributed by atoms with Gasteiger partial charge in [0, 0.05) is 12.1 Å². The molecule has 0 unspecified atom stereocenters. The molecule has 8 heteroatoms. The van der Waals surface area contributed by atoms with Crippen molar-refractivity contribution in [3.63, 3.8) is 0 Å². The van der Waals surface area contributed by atoms with Gasteiger partial charge in [0.25, 0.3) is 11.8 Å². The van der Waals surface area contributed by atoms with E-state index in [-0.39, 0.29) is 24.5 Å². The fourth-order valence-electron chi connectivity index (χ4n) is 2.36. The van der Waals surface area contributed by atoms with Crippen LogP contribution in [0.25, 0.3) is 0 Å². The zero-order chi connectivity index (χ0) is 16.6. The number of hydrogen-bond acceptors (Lipinski definition) is 4. The van der Waals surface area contributed by atoms with Crippen molar-refractivity contribution in [2.45, 2.75) is 13.0 Å². The maximum atomic E-state index is 13.7. The SMILES string of the molecule is NC(=O)c1n[c]c2c(n1)CN(C(=O)c1cc(F)ccc1F)CC2. The van der Waals surface area contributed by atoms with E-state index in [1.807, 2.05) is 0 Å². The van der Waals surface area contributed by atoms with Gasteiger partial charge in [0.05, 0.1) is 24.0 Å². The minimum Gasteiger partial charge on any atom is -0.363 e. The van der Waals surface area contributed by atoms with Gasteiger partial charge in [0.2, 0.25) is 5.82 Å². The minimum absolute atomic E-state index is 0.0451. The number of carbonyl (C=O) groups excluding carboxylic acids is 2. The van der Waals surface area contributed by atoms with Crippen LogP contribution in [-0.4, -0.2) is 33.2 Å². The molecule has 0 bridgehead atoms. The van der Waals surface area contributed by atoms with Crippen LogP contribution in [0.3, 0.4) is 0 Å². The second kappa shape index (κ2) is 5.71. The molecule has 1 radical (unpaired) electrons. The molecule has 0 fully saturated rings. The third kappa shape index (κ3) is 2.87. The van der Waals surface area contributed by atoms with E-state index >= 15 is 0 Å². The third-order valence-corrected chi connectivity index (χ3v) is 3.52. The molecule has 1 aliphatic heterocycles. The number of halogens is 2. The van der Waals surface area contributed by atoms with Crippen LogP contribution < -0.4 is 5.73 Å². The topological polar surface area (TPSA) is 89.2 Å². The van der Waals surface area contributed by atoms with E-state index in [0.717, 1.165) is 18.2 Å². The summed E-state index contributed by atoms with van der Waals surface area (Å²) in [7, 11) is 0. The van der Waals surface area contributed by atoms with Gasteiger partial charge in [0.1, 0.15) is 11.6 Å². The normalized spacial score (nSPS) is 13.6. The van der Waals surface area contributed by atoms with Gasteiger partial charge in [-0.3, -0.25) is 9.59 Å². The summed E-state index contributed by atoms with van der Waals surface area (Å²) < 4.78 is 27.0. The van der Waals surface area contributed by atoms with E-state index in [1.54, 1.807) is 0 Å². The highest BCUT2D eigenvalue weighted by atomic mass is 19.1. The zero-order valence-corrected chi connectivity index (χ0v) is 11.8. The quantitative estimate of drug-likeness (QED) is 0.889. The first-order valence-electron chi connectivity index (χ1n) is 6.77. The van der Waals surface area contributed by atoms with Crippen LogP contribution in [0.2, 0.25) is 0 Å². The van der Waals surface area contributed by atoms with Crippen molar-refractivity contribution in [1.29, 1.82) is 0 Å². The first-order chi connectivity index (χ1) is 11.0. The Morgan fingerprint density at radius 2 is 2.09 bits per heavy atom. The van der Waals surface area contributed by atoms with E-state index in [4.69, 9.17) is 5.73 Å². The van der Waals surface area contributed by atoms with Gasteiger partial charge in [-0.15, -0.1) is 0 Å². The van der Waals surface area contributed by atoms with E-state index in [0.29, 0.717) is 17.7 Å². The van der Waals surface area contributed by atoms with Crippen molar-refractivity contribution in [3.05, 3.63) is 58.7 Å². The fourth-order valence-corrected chi connectivity index (χ4v) is 2.36. The Labute approximate surface area is 130 Å². The van der Waals surface area contributed by atoms with Crippen LogP contribution in [-0.2, 0) is 13.0 Å². The van der Waals surface area contributed by atoms with Gasteiger partial charge < -0.3 is 10.6 Å². The number of nitrogens with zero attached hydrogens (tertiary/aromatic N) is 3. The Kier molecular flexibility index (Phi) is 3.73. The lowest BCUT2D eigenvalue weighted by Gasteiger charge is -2.28. The van der Waals surface area contributed by atoms with Crippen molar-refractivity contribution in [1.82, 2.24) is 14.9 Å². The Morgan fingerprint density at radius 1 is 1.30 bits per heavy atom. The molecule has 1 aliphatic rings. The van der Waals surface area contributed by atoms with Gasteiger partial charge in [-0.25, -0.2) is 18.7 Å². The van der Waals surface area contributed by atoms with Gasteiger partial charge in [-0.1, -0.05) is 0 Å². The second-order valence-corrected chi connectivity index (χ2v) is 5.05. The first-order valence-corrected chi connectivity index (χ1v) is 6.77. The van der Waals surface area contributed by atoms with Gasteiger partial charge >= 0.3 is 0 Å². The molecule has 2 N–H and O–H groups in total. The highest BCUT2D eigenvalue weighted by Crippen LogP contribution is 2.20. The molecule has 1 aromatic heterocycles. The summed E-state index contributed by atoms with van der Waals surface area (Å²) in [6.45, 7) is 0.334. The van der Waals surface area contributed by atoms with Gasteiger partial charge in [-0.05, 0) is 24.6 Å². The number of benzene rings is 1. The molecule has 117 valence electrons. The number of hydrogen-bond donors (Lipinski definition) is 1. The summed E-state index contributed by atoms with van der Waals surface area (Å²) in [6.07, 6.45) is 3.07. The molecule has 3 rings (SSSR count). The summed E-state index contributed by atoms with van der Waals surface area (Å²) in [5.74, 6) is -3.14. The Morgan fingerprint density at radius 3 is 2.83 bits per heavy atom. The van der Waals surface area contributed by atoms with Crippen LogP contribution in [0.15, 0.2) is 18.2 Å². The maximum Gasteiger partial charge on any atom is 0.286 e. The number of carbonyl (C=O) groups is 2. The summed E-state index contributed by atoms with van der Waals surface area (Å²) in [5, 5.41) is 0. The van der Waals surface area contributed by atoms with Crippen molar-refractivity contribution in [2.24, 2.45) is 5.73 Å². The van der Waals surface area contributed by atoms with Crippen molar-refractivity contribution < 1.29 is 18.4 Å². The molecule has 0 saturated carbocycles. The number of amides is 2. The summed E-state index contributed by atoms with van der Waals surface area (Å²) in [6, 6.07) is 2.70. The molecule has 0 atom stereocenters. The van der Waals surface area contributed by atoms with E-state index in [1.165, 1.54) is 4.90 Å². The monoisotopic (exact) mass is 317 g/mol. The lowest BCUT2D eigenvalue weighted by Crippen LogP contribution is -2.37. The van der Waals surface area contributed by atoms with Crippen LogP contribution in [0, 0.1) is 17.8 Å². The molecule has 1 aromatic carbocycles. The molecule has 0 saturated heterocycles. The number of nitrogens with two attached hydrogens (primary N) is 1. The summed E-state index contributed by atoms with van der Waals surface area (Å²) in [5.41, 5.74) is 5.85. The predicted octanol–water partition coefficient (Wildman–Crippen LogP) is 0.852. The number of rotatable bonds is 2. The molecule has 6 nitrogen and oxygen atoms in total. The Hall–Kier alpha value is -2.90. The van der Waals surface area contributed by atoms with Crippen molar-refractivity contribution in [2.75, 3.05) is 6.54 Å². The lowest BCUT2D eigenvalue weighted by atomic mass is 10.1. The van der Waals surface area contributed by atoms with Crippen LogP contribution in [0.4, 0.5) is 8.78 Å². The molecule has 2 heterocycles. The molecule has 23 heavy (non-hydrogen) atoms. The van der Waals surface area contributed by atoms with Crippen molar-refractivity contribution >= 4 is 11.8 Å². The Balaban J connectivity index is 1.89. The number of fused-ring (bicyclic) bond motifs is 1. The average molecular weight is 317 g/mol. The van der Waals surface area contributed by atoms with Crippen molar-refractivity contribution in [3.8, 4) is 0 Å². The van der Waals surface area contributed by atoms with Crippen LogP contribution >= 0.6 is 0 Å². The highest BCUT2D eigenvalue weighted by Gasteiger charge is 2.26. The standard InChI is InChI=1S/C15H11F2N4O2/c16-9-1-2-11(17)10(5-9)15(23)21-4-3-8-6-19-14(13(18)22)20-12(8)7-21/h1-2,5H,3-4,7H2,(H2,18,22). The van der Waals surface area contributed by atoms with E-state index < -0.39 is 23.4 Å². The maximum absolute atomic E-state index is 13.7. The molecule has 0 aliphatic carbocycles. The van der Waals surface area contributed by atoms with E-state index in [2.05, 4.69) is 16.2 Å². The molecular formula is C15H11F2N4O2. The minimum atomic E-state index is -0.802. The lowest BCUT2D eigenvalue weighted by molar-refractivity contribution is 0.0726. The van der Waals surface area contributed by atoms with Crippen LogP contribution in [0.5, 0.6) is 0 Å². The molecule has 2 amide bonds. The first kappa shape index (κ1) is 15.0. The van der Waals surface area contributed by atoms with E-state index in [9.17, 15) is 18.4 Å². The smallest absolute Gasteiger partial charge is 0.286 e. The number of primary amides is 1. The predicted molar refractivity (Wildman–Crippen MR) is 74.2 cm³/mol. The summed E-state index contributed by atoms with van der Waals surface area (Å²) in [4.78, 5) is 32.5. The second-order valence-electron chi connectivity index (χ2n) is 5.05. The van der Waals surface area contributed by atoms with Gasteiger partial charge in [-0.2, -0.15) is 0 Å². The average Bonchev–Trinajstić information content (AvgIpc) is 2.55.